The van der Waals surface area contributed by atoms with E-state index in [9.17, 15) is 4.79 Å². The Bertz CT molecular complexity index is 1600. The molecule has 2 aliphatic heterocycles. The minimum atomic E-state index is -0.516. The maximum absolute atomic E-state index is 12.2. The van der Waals surface area contributed by atoms with Crippen LogP contribution < -0.4 is 10.7 Å². The molecule has 6 rings (SSSR count). The third-order valence-corrected chi connectivity index (χ3v) is 9.67. The number of aliphatic imine (C=N–C) groups is 1. The van der Waals surface area contributed by atoms with E-state index < -0.39 is 6.10 Å². The van der Waals surface area contributed by atoms with Crippen LogP contribution in [0.3, 0.4) is 0 Å². The highest BCUT2D eigenvalue weighted by Crippen LogP contribution is 2.40. The topological polar surface area (TPSA) is 86.0 Å². The highest BCUT2D eigenvalue weighted by Gasteiger charge is 2.34. The largest absolute Gasteiger partial charge is 0.450 e. The Balaban J connectivity index is 1.20. The number of esters is 1. The number of allylic oxidation sites excluding steroid dienone is 1. The van der Waals surface area contributed by atoms with Gasteiger partial charge >= 0.3 is 5.97 Å². The van der Waals surface area contributed by atoms with E-state index in [4.69, 9.17) is 9.73 Å². The quantitative estimate of drug-likeness (QED) is 0.130. The van der Waals surface area contributed by atoms with Gasteiger partial charge in [-0.1, -0.05) is 83.6 Å². The minimum Gasteiger partial charge on any atom is -0.450 e. The Morgan fingerprint density at radius 2 is 1.48 bits per heavy atom. The Kier molecular flexibility index (Phi) is 10.0. The van der Waals surface area contributed by atoms with Crippen LogP contribution in [0.15, 0.2) is 53.0 Å². The van der Waals surface area contributed by atoms with Crippen LogP contribution in [0, 0.1) is 0 Å². The number of hydrogen-bond acceptors (Lipinski definition) is 3. The molecule has 0 saturated heterocycles. The molecule has 0 aromatic carbocycles. The van der Waals surface area contributed by atoms with Gasteiger partial charge in [0.2, 0.25) is 0 Å². The van der Waals surface area contributed by atoms with Crippen molar-refractivity contribution in [3.63, 3.8) is 0 Å². The average molecular weight is 595 g/mol. The van der Waals surface area contributed by atoms with Crippen LogP contribution >= 0.6 is 0 Å². The van der Waals surface area contributed by atoms with Gasteiger partial charge in [0.05, 0.1) is 17.4 Å². The third kappa shape index (κ3) is 7.22. The van der Waals surface area contributed by atoms with E-state index in [1.54, 1.807) is 0 Å². The van der Waals surface area contributed by atoms with Crippen molar-refractivity contribution in [3.8, 4) is 0 Å². The average Bonchev–Trinajstić information content (AvgIpc) is 3.83. The number of aromatic amines is 3. The van der Waals surface area contributed by atoms with Crippen LogP contribution in [0.4, 0.5) is 0 Å². The Labute approximate surface area is 262 Å². The number of aromatic nitrogens is 3. The molecule has 44 heavy (non-hydrogen) atoms. The second-order valence-corrected chi connectivity index (χ2v) is 13.1. The molecule has 8 bridgehead atoms. The normalized spacial score (nSPS) is 20.4. The molecule has 234 valence electrons. The number of ether oxygens (including phenoxy) is 1. The zero-order valence-corrected chi connectivity index (χ0v) is 26.7. The number of rotatable bonds is 14. The summed E-state index contributed by atoms with van der Waals surface area (Å²) >= 11 is 0. The van der Waals surface area contributed by atoms with E-state index in [2.05, 4.69) is 70.4 Å². The fourth-order valence-electron chi connectivity index (χ4n) is 7.34. The van der Waals surface area contributed by atoms with Crippen molar-refractivity contribution >= 4 is 23.3 Å². The summed E-state index contributed by atoms with van der Waals surface area (Å²) in [4.78, 5) is 28.4. The molecule has 3 aromatic heterocycles. The highest BCUT2D eigenvalue weighted by atomic mass is 16.5. The fourth-order valence-corrected chi connectivity index (χ4v) is 7.34. The van der Waals surface area contributed by atoms with Crippen molar-refractivity contribution in [2.24, 2.45) is 4.99 Å². The standard InChI is InChI=1S/C38H50N4O2/c1-3-4-5-6-7-8-9-10-11-12-13-14-15-30-32-19-17-28(39-32)25-29-24-27-16-18-31(37(27)40-29)34-21-23-36(42-34)38(44-26(2)43)35-22-20-33(30)41-35/h17,19-25,29,31,38-39,41-42H,3-16,18H2,1-2H3. The molecule has 3 aromatic rings. The second kappa shape index (κ2) is 14.5. The van der Waals surface area contributed by atoms with Gasteiger partial charge in [-0.15, -0.1) is 0 Å². The number of carbonyl (C=O) groups is 1. The summed E-state index contributed by atoms with van der Waals surface area (Å²) in [6.07, 6.45) is 23.2. The molecule has 0 amide bonds. The van der Waals surface area contributed by atoms with Crippen molar-refractivity contribution in [2.45, 2.75) is 128 Å². The Morgan fingerprint density at radius 3 is 2.23 bits per heavy atom. The first-order valence-electron chi connectivity index (χ1n) is 17.3. The van der Waals surface area contributed by atoms with Gasteiger partial charge in [-0.2, -0.15) is 0 Å². The van der Waals surface area contributed by atoms with E-state index in [1.807, 2.05) is 0 Å². The first-order valence-corrected chi connectivity index (χ1v) is 17.3. The molecule has 6 heteroatoms. The summed E-state index contributed by atoms with van der Waals surface area (Å²) in [7, 11) is 0. The lowest BCUT2D eigenvalue weighted by atomic mass is 10.0. The van der Waals surface area contributed by atoms with Gasteiger partial charge < -0.3 is 19.7 Å². The number of hydrogen-bond donors (Lipinski definition) is 3. The lowest BCUT2D eigenvalue weighted by Crippen LogP contribution is -2.16. The molecule has 0 spiro atoms. The fraction of sp³-hybridized carbons (Fsp3) is 0.526. The first-order chi connectivity index (χ1) is 21.6. The first kappa shape index (κ1) is 30.5. The predicted molar refractivity (Wildman–Crippen MR) is 179 cm³/mol. The number of carbonyl (C=O) groups excluding carboxylic acids is 1. The molecule has 1 saturated carbocycles. The zero-order valence-electron chi connectivity index (χ0n) is 26.7. The van der Waals surface area contributed by atoms with Gasteiger partial charge in [-0.25, -0.2) is 0 Å². The maximum atomic E-state index is 12.2. The van der Waals surface area contributed by atoms with Gasteiger partial charge in [0.25, 0.3) is 0 Å². The summed E-state index contributed by atoms with van der Waals surface area (Å²) in [5.41, 5.74) is 7.83. The molecule has 1 aliphatic carbocycles. The Morgan fingerprint density at radius 1 is 0.795 bits per heavy atom. The smallest absolute Gasteiger partial charge is 0.303 e. The van der Waals surface area contributed by atoms with Crippen LogP contribution in [0.2, 0.25) is 0 Å². The highest BCUT2D eigenvalue weighted by molar-refractivity contribution is 6.08. The number of fused-ring (bicyclic) bond motifs is 8. The predicted octanol–water partition coefficient (Wildman–Crippen LogP) is 8.03. The number of H-pyrrole nitrogens is 3. The molecule has 6 nitrogen and oxygen atoms in total. The number of nitrogens with zero attached hydrogens (tertiary/aromatic N) is 1. The molecular formula is C38H50N4O2. The number of unbranched alkanes of at least 4 members (excludes halogenated alkanes) is 11. The monoisotopic (exact) mass is 594 g/mol. The van der Waals surface area contributed by atoms with Gasteiger partial charge in [0.15, 0.2) is 6.10 Å². The van der Waals surface area contributed by atoms with Gasteiger partial charge in [-0.3, -0.25) is 9.79 Å². The lowest BCUT2D eigenvalue weighted by molar-refractivity contribution is -0.145. The zero-order chi connectivity index (χ0) is 30.3. The van der Waals surface area contributed by atoms with Crippen molar-refractivity contribution in [1.29, 1.82) is 0 Å². The molecule has 0 radical (unpaired) electrons. The van der Waals surface area contributed by atoms with E-state index in [0.717, 1.165) is 59.2 Å². The molecule has 3 N–H and O–H groups in total. The van der Waals surface area contributed by atoms with Crippen molar-refractivity contribution in [1.82, 2.24) is 15.0 Å². The molecule has 3 atom stereocenters. The van der Waals surface area contributed by atoms with Gasteiger partial charge in [0, 0.05) is 40.6 Å². The van der Waals surface area contributed by atoms with Crippen LogP contribution in [-0.2, 0) is 9.53 Å². The van der Waals surface area contributed by atoms with Crippen LogP contribution in [-0.4, -0.2) is 32.7 Å². The molecular weight excluding hydrogens is 544 g/mol. The van der Waals surface area contributed by atoms with Crippen LogP contribution in [0.5, 0.6) is 0 Å². The van der Waals surface area contributed by atoms with Gasteiger partial charge in [0.1, 0.15) is 0 Å². The number of nitrogens with one attached hydrogen (secondary N) is 3. The van der Waals surface area contributed by atoms with E-state index >= 15 is 0 Å². The van der Waals surface area contributed by atoms with Crippen LogP contribution in [0.25, 0.3) is 11.6 Å². The summed E-state index contributed by atoms with van der Waals surface area (Å²) < 4.78 is 5.91. The summed E-state index contributed by atoms with van der Waals surface area (Å²) in [6.45, 7) is 3.77. The van der Waals surface area contributed by atoms with Crippen molar-refractivity contribution in [2.75, 3.05) is 0 Å². The van der Waals surface area contributed by atoms with E-state index in [0.29, 0.717) is 0 Å². The second-order valence-electron chi connectivity index (χ2n) is 13.1. The minimum absolute atomic E-state index is 0.0577. The molecule has 5 heterocycles. The van der Waals surface area contributed by atoms with Crippen molar-refractivity contribution < 1.29 is 9.53 Å². The van der Waals surface area contributed by atoms with E-state index in [-0.39, 0.29) is 17.9 Å². The van der Waals surface area contributed by atoms with Gasteiger partial charge in [-0.05, 0) is 79.3 Å². The summed E-state index contributed by atoms with van der Waals surface area (Å²) in [6, 6.07) is 12.9. The molecule has 3 unspecified atom stereocenters. The van der Waals surface area contributed by atoms with Crippen molar-refractivity contribution in [3.05, 3.63) is 81.5 Å². The van der Waals surface area contributed by atoms with Crippen LogP contribution in [0.1, 0.15) is 145 Å². The molecule has 3 aliphatic rings. The lowest BCUT2D eigenvalue weighted by Gasteiger charge is -2.16. The SMILES string of the molecule is CCCCCCCCCCCCCCC1=c2ccc([nH]2)=CC2C=C3CCC(C3=N2)c2ccc([nH]2)C(OC(C)=O)c2ccc1[nH]2. The molecule has 1 fully saturated rings. The Hall–Kier alpha value is -3.54. The summed E-state index contributed by atoms with van der Waals surface area (Å²) in [5, 5.41) is 2.25. The van der Waals surface area contributed by atoms with E-state index in [1.165, 1.54) is 94.4 Å². The maximum Gasteiger partial charge on any atom is 0.303 e. The summed E-state index contributed by atoms with van der Waals surface area (Å²) in [5.74, 6) is -0.0517. The third-order valence-electron chi connectivity index (χ3n) is 9.67.